The lowest BCUT2D eigenvalue weighted by molar-refractivity contribution is 0.118. The first kappa shape index (κ1) is 11.9. The smallest absolute Gasteiger partial charge is 0.0558 e. The third kappa shape index (κ3) is 3.52. The van der Waals surface area contributed by atoms with Crippen LogP contribution < -0.4 is 5.73 Å². The van der Waals surface area contributed by atoms with Gasteiger partial charge in [-0.2, -0.15) is 0 Å². The quantitative estimate of drug-likeness (QED) is 0.614. The summed E-state index contributed by atoms with van der Waals surface area (Å²) in [6.45, 7) is 8.02. The molecule has 0 amide bonds. The highest BCUT2D eigenvalue weighted by molar-refractivity contribution is 4.73. The molecule has 1 unspecified atom stereocenters. The number of hydrogen-bond acceptors (Lipinski definition) is 3. The standard InChI is InChI=1S/C9H22N2O/c1-4-9(7-10)11(5-6-12)8(2)3/h8-9,12H,4-7,10H2,1-3H3. The third-order valence-corrected chi connectivity index (χ3v) is 2.23. The summed E-state index contributed by atoms with van der Waals surface area (Å²) in [6.07, 6.45) is 1.05. The summed E-state index contributed by atoms with van der Waals surface area (Å²) in [4.78, 5) is 2.25. The van der Waals surface area contributed by atoms with Gasteiger partial charge in [0.2, 0.25) is 0 Å². The molecule has 0 heterocycles. The van der Waals surface area contributed by atoms with E-state index in [0.717, 1.165) is 13.0 Å². The zero-order valence-corrected chi connectivity index (χ0v) is 8.45. The molecule has 3 N–H and O–H groups in total. The summed E-state index contributed by atoms with van der Waals surface area (Å²) in [5.41, 5.74) is 5.63. The molecule has 0 aliphatic heterocycles. The predicted octanol–water partition coefficient (Wildman–Crippen LogP) is 0.426. The first-order chi connectivity index (χ1) is 5.67. The minimum Gasteiger partial charge on any atom is -0.395 e. The average Bonchev–Trinajstić information content (AvgIpc) is 2.05. The fraction of sp³-hybridized carbons (Fsp3) is 1.00. The molecule has 0 aliphatic rings. The Bertz CT molecular complexity index is 103. The summed E-state index contributed by atoms with van der Waals surface area (Å²) in [5.74, 6) is 0. The summed E-state index contributed by atoms with van der Waals surface area (Å²) in [6, 6.07) is 0.878. The van der Waals surface area contributed by atoms with Crippen LogP contribution in [0.4, 0.5) is 0 Å². The van der Waals surface area contributed by atoms with Gasteiger partial charge >= 0.3 is 0 Å². The van der Waals surface area contributed by atoms with E-state index in [4.69, 9.17) is 10.8 Å². The molecule has 0 spiro atoms. The van der Waals surface area contributed by atoms with Gasteiger partial charge in [-0.15, -0.1) is 0 Å². The van der Waals surface area contributed by atoms with Gasteiger partial charge in [0, 0.05) is 25.2 Å². The molecule has 3 heteroatoms. The number of nitrogens with two attached hydrogens (primary N) is 1. The number of rotatable bonds is 6. The molecule has 3 nitrogen and oxygen atoms in total. The first-order valence-corrected chi connectivity index (χ1v) is 4.74. The lowest BCUT2D eigenvalue weighted by Crippen LogP contribution is -2.45. The van der Waals surface area contributed by atoms with Crippen LogP contribution in [0.5, 0.6) is 0 Å². The third-order valence-electron chi connectivity index (χ3n) is 2.23. The molecule has 0 aromatic heterocycles. The van der Waals surface area contributed by atoms with Crippen LogP contribution in [0.3, 0.4) is 0 Å². The van der Waals surface area contributed by atoms with Crippen molar-refractivity contribution < 1.29 is 5.11 Å². The molecular weight excluding hydrogens is 152 g/mol. The molecule has 0 rings (SSSR count). The molecule has 0 saturated carbocycles. The van der Waals surface area contributed by atoms with Crippen molar-refractivity contribution in [2.75, 3.05) is 19.7 Å². The van der Waals surface area contributed by atoms with Crippen LogP contribution in [0.15, 0.2) is 0 Å². The number of aliphatic hydroxyl groups is 1. The van der Waals surface area contributed by atoms with Crippen LogP contribution in [0.1, 0.15) is 27.2 Å². The van der Waals surface area contributed by atoms with Crippen LogP contribution in [0.2, 0.25) is 0 Å². The van der Waals surface area contributed by atoms with Gasteiger partial charge in [-0.3, -0.25) is 4.90 Å². The highest BCUT2D eigenvalue weighted by Crippen LogP contribution is 2.06. The van der Waals surface area contributed by atoms with Crippen LogP contribution in [-0.4, -0.2) is 41.8 Å². The Kier molecular flexibility index (Phi) is 6.34. The number of aliphatic hydroxyl groups excluding tert-OH is 1. The van der Waals surface area contributed by atoms with E-state index >= 15 is 0 Å². The second-order valence-electron chi connectivity index (χ2n) is 3.35. The molecular formula is C9H22N2O. The van der Waals surface area contributed by atoms with E-state index in [1.807, 2.05) is 0 Å². The maximum atomic E-state index is 8.84. The summed E-state index contributed by atoms with van der Waals surface area (Å²) >= 11 is 0. The zero-order chi connectivity index (χ0) is 9.56. The maximum absolute atomic E-state index is 8.84. The minimum atomic E-state index is 0.217. The molecule has 12 heavy (non-hydrogen) atoms. The summed E-state index contributed by atoms with van der Waals surface area (Å²) < 4.78 is 0. The highest BCUT2D eigenvalue weighted by atomic mass is 16.3. The maximum Gasteiger partial charge on any atom is 0.0558 e. The topological polar surface area (TPSA) is 49.5 Å². The Hall–Kier alpha value is -0.120. The summed E-state index contributed by atoms with van der Waals surface area (Å²) in [5, 5.41) is 8.84. The lowest BCUT2D eigenvalue weighted by atomic mass is 10.1. The van der Waals surface area contributed by atoms with E-state index in [-0.39, 0.29) is 6.61 Å². The zero-order valence-electron chi connectivity index (χ0n) is 8.45. The van der Waals surface area contributed by atoms with Gasteiger partial charge in [-0.1, -0.05) is 6.92 Å². The molecule has 1 atom stereocenters. The Morgan fingerprint density at radius 2 is 2.00 bits per heavy atom. The number of hydrogen-bond donors (Lipinski definition) is 2. The first-order valence-electron chi connectivity index (χ1n) is 4.74. The van der Waals surface area contributed by atoms with Gasteiger partial charge in [-0.05, 0) is 20.3 Å². The average molecular weight is 174 g/mol. The Morgan fingerprint density at radius 1 is 1.42 bits per heavy atom. The Balaban J connectivity index is 4.05. The molecule has 0 saturated heterocycles. The summed E-state index contributed by atoms with van der Waals surface area (Å²) in [7, 11) is 0. The van der Waals surface area contributed by atoms with E-state index in [1.54, 1.807) is 0 Å². The van der Waals surface area contributed by atoms with Gasteiger partial charge in [0.15, 0.2) is 0 Å². The van der Waals surface area contributed by atoms with Gasteiger partial charge < -0.3 is 10.8 Å². The van der Waals surface area contributed by atoms with Crippen molar-refractivity contribution in [3.63, 3.8) is 0 Å². The molecule has 0 fully saturated rings. The van der Waals surface area contributed by atoms with E-state index in [1.165, 1.54) is 0 Å². The fourth-order valence-corrected chi connectivity index (χ4v) is 1.51. The molecule has 0 aromatic rings. The SMILES string of the molecule is CCC(CN)N(CCO)C(C)C. The highest BCUT2D eigenvalue weighted by Gasteiger charge is 2.16. The molecule has 74 valence electrons. The molecule has 0 aromatic carbocycles. The van der Waals surface area contributed by atoms with Crippen molar-refractivity contribution in [1.29, 1.82) is 0 Å². The van der Waals surface area contributed by atoms with Gasteiger partial charge in [0.05, 0.1) is 6.61 Å². The van der Waals surface area contributed by atoms with Crippen LogP contribution in [0.25, 0.3) is 0 Å². The van der Waals surface area contributed by atoms with Gasteiger partial charge in [0.25, 0.3) is 0 Å². The van der Waals surface area contributed by atoms with Crippen molar-refractivity contribution in [1.82, 2.24) is 4.90 Å². The molecule has 0 radical (unpaired) electrons. The minimum absolute atomic E-state index is 0.217. The van der Waals surface area contributed by atoms with E-state index in [0.29, 0.717) is 18.6 Å². The van der Waals surface area contributed by atoms with Gasteiger partial charge in [0.1, 0.15) is 0 Å². The normalized spacial score (nSPS) is 14.2. The van der Waals surface area contributed by atoms with Crippen LogP contribution in [-0.2, 0) is 0 Å². The predicted molar refractivity (Wildman–Crippen MR) is 52.1 cm³/mol. The lowest BCUT2D eigenvalue weighted by Gasteiger charge is -2.33. The van der Waals surface area contributed by atoms with Gasteiger partial charge in [-0.25, -0.2) is 0 Å². The fourth-order valence-electron chi connectivity index (χ4n) is 1.51. The molecule has 0 aliphatic carbocycles. The second-order valence-corrected chi connectivity index (χ2v) is 3.35. The van der Waals surface area contributed by atoms with E-state index in [9.17, 15) is 0 Å². The molecule has 0 bridgehead atoms. The van der Waals surface area contributed by atoms with E-state index < -0.39 is 0 Å². The van der Waals surface area contributed by atoms with Crippen molar-refractivity contribution in [3.05, 3.63) is 0 Å². The van der Waals surface area contributed by atoms with Crippen LogP contribution >= 0.6 is 0 Å². The second kappa shape index (κ2) is 6.40. The van der Waals surface area contributed by atoms with E-state index in [2.05, 4.69) is 25.7 Å². The largest absolute Gasteiger partial charge is 0.395 e. The van der Waals surface area contributed by atoms with Crippen molar-refractivity contribution >= 4 is 0 Å². The number of nitrogens with zero attached hydrogens (tertiary/aromatic N) is 1. The monoisotopic (exact) mass is 174 g/mol. The Morgan fingerprint density at radius 3 is 2.25 bits per heavy atom. The van der Waals surface area contributed by atoms with Crippen molar-refractivity contribution in [3.8, 4) is 0 Å². The van der Waals surface area contributed by atoms with Crippen molar-refractivity contribution in [2.45, 2.75) is 39.3 Å². The Labute approximate surface area is 75.6 Å². The van der Waals surface area contributed by atoms with Crippen molar-refractivity contribution in [2.24, 2.45) is 5.73 Å². The van der Waals surface area contributed by atoms with Crippen LogP contribution in [0, 0.1) is 0 Å².